The number of fused-ring (bicyclic) bond motifs is 1. The SMILES string of the molecule is COc1ccc2c(c1)CN(S(=O)(=O)c1ccc(C)cc1)[C@@H](Cc1ccccc1)CO2. The lowest BCUT2D eigenvalue weighted by Gasteiger charge is -2.28. The molecule has 0 unspecified atom stereocenters. The van der Waals surface area contributed by atoms with Gasteiger partial charge in [0.1, 0.15) is 18.1 Å². The van der Waals surface area contributed by atoms with E-state index in [1.165, 1.54) is 0 Å². The van der Waals surface area contributed by atoms with E-state index < -0.39 is 10.0 Å². The summed E-state index contributed by atoms with van der Waals surface area (Å²) < 4.78 is 40.3. The van der Waals surface area contributed by atoms with Gasteiger partial charge in [0.05, 0.1) is 18.0 Å². The molecule has 1 atom stereocenters. The van der Waals surface area contributed by atoms with E-state index in [0.29, 0.717) is 17.9 Å². The lowest BCUT2D eigenvalue weighted by molar-refractivity contribution is 0.219. The number of methoxy groups -OCH3 is 1. The van der Waals surface area contributed by atoms with Crippen LogP contribution in [0.2, 0.25) is 0 Å². The Morgan fingerprint density at radius 3 is 2.47 bits per heavy atom. The number of sulfonamides is 1. The second kappa shape index (κ2) is 8.50. The van der Waals surface area contributed by atoms with Crippen molar-refractivity contribution in [1.29, 1.82) is 0 Å². The summed E-state index contributed by atoms with van der Waals surface area (Å²) in [5.74, 6) is 1.36. The summed E-state index contributed by atoms with van der Waals surface area (Å²) in [4.78, 5) is 0.289. The molecule has 0 aliphatic carbocycles. The molecule has 0 saturated carbocycles. The van der Waals surface area contributed by atoms with Crippen molar-refractivity contribution in [3.63, 3.8) is 0 Å². The summed E-state index contributed by atoms with van der Waals surface area (Å²) in [5.41, 5.74) is 2.88. The number of benzene rings is 3. The fourth-order valence-electron chi connectivity index (χ4n) is 3.69. The van der Waals surface area contributed by atoms with Gasteiger partial charge in [0.25, 0.3) is 0 Å². The van der Waals surface area contributed by atoms with Gasteiger partial charge in [-0.25, -0.2) is 8.42 Å². The molecule has 1 aliphatic rings. The smallest absolute Gasteiger partial charge is 0.243 e. The topological polar surface area (TPSA) is 55.8 Å². The zero-order chi connectivity index (χ0) is 21.1. The molecule has 30 heavy (non-hydrogen) atoms. The van der Waals surface area contributed by atoms with Crippen LogP contribution in [0.15, 0.2) is 77.7 Å². The molecule has 0 fully saturated rings. The number of rotatable bonds is 5. The van der Waals surface area contributed by atoms with Crippen LogP contribution in [0, 0.1) is 6.92 Å². The molecular formula is C24H25NO4S. The van der Waals surface area contributed by atoms with Crippen LogP contribution in [-0.2, 0) is 23.0 Å². The first-order valence-electron chi connectivity index (χ1n) is 9.89. The largest absolute Gasteiger partial charge is 0.497 e. The molecule has 4 rings (SSSR count). The van der Waals surface area contributed by atoms with Crippen LogP contribution < -0.4 is 9.47 Å². The first kappa shape index (κ1) is 20.4. The van der Waals surface area contributed by atoms with Crippen LogP contribution in [0.1, 0.15) is 16.7 Å². The maximum Gasteiger partial charge on any atom is 0.243 e. The third kappa shape index (κ3) is 4.20. The Balaban J connectivity index is 1.76. The maximum atomic E-state index is 13.7. The Morgan fingerprint density at radius 2 is 1.77 bits per heavy atom. The molecule has 0 bridgehead atoms. The predicted octanol–water partition coefficient (Wildman–Crippen LogP) is 4.20. The minimum Gasteiger partial charge on any atom is -0.497 e. The van der Waals surface area contributed by atoms with Crippen molar-refractivity contribution < 1.29 is 17.9 Å². The van der Waals surface area contributed by atoms with Crippen molar-refractivity contribution in [1.82, 2.24) is 4.31 Å². The summed E-state index contributed by atoms with van der Waals surface area (Å²) in [6, 6.07) is 22.1. The van der Waals surface area contributed by atoms with Crippen LogP contribution in [0.5, 0.6) is 11.5 Å². The van der Waals surface area contributed by atoms with Gasteiger partial charge in [0.15, 0.2) is 0 Å². The van der Waals surface area contributed by atoms with Crippen molar-refractivity contribution in [2.24, 2.45) is 0 Å². The minimum atomic E-state index is -3.72. The van der Waals surface area contributed by atoms with Gasteiger partial charge in [-0.1, -0.05) is 48.0 Å². The first-order chi connectivity index (χ1) is 14.5. The van der Waals surface area contributed by atoms with E-state index in [1.807, 2.05) is 67.6 Å². The molecule has 0 aromatic heterocycles. The molecule has 156 valence electrons. The Kier molecular flexibility index (Phi) is 5.79. The monoisotopic (exact) mass is 423 g/mol. The molecule has 1 heterocycles. The van der Waals surface area contributed by atoms with E-state index >= 15 is 0 Å². The average Bonchev–Trinajstić information content (AvgIpc) is 2.94. The van der Waals surface area contributed by atoms with Gasteiger partial charge >= 0.3 is 0 Å². The summed E-state index contributed by atoms with van der Waals surface area (Å²) in [6.07, 6.45) is 0.567. The summed E-state index contributed by atoms with van der Waals surface area (Å²) >= 11 is 0. The van der Waals surface area contributed by atoms with Crippen LogP contribution in [0.4, 0.5) is 0 Å². The summed E-state index contributed by atoms with van der Waals surface area (Å²) in [5, 5.41) is 0. The highest BCUT2D eigenvalue weighted by atomic mass is 32.2. The Labute approximate surface area is 177 Å². The van der Waals surface area contributed by atoms with Gasteiger partial charge in [0.2, 0.25) is 10.0 Å². The van der Waals surface area contributed by atoms with Gasteiger partial charge in [-0.3, -0.25) is 0 Å². The third-order valence-electron chi connectivity index (χ3n) is 5.37. The summed E-state index contributed by atoms with van der Waals surface area (Å²) in [6.45, 7) is 2.44. The maximum absolute atomic E-state index is 13.7. The van der Waals surface area contributed by atoms with Crippen molar-refractivity contribution in [2.45, 2.75) is 30.8 Å². The zero-order valence-electron chi connectivity index (χ0n) is 17.1. The van der Waals surface area contributed by atoms with Crippen LogP contribution in [0.3, 0.4) is 0 Å². The van der Waals surface area contributed by atoms with Gasteiger partial charge in [-0.05, 0) is 49.2 Å². The molecule has 0 N–H and O–H groups in total. The van der Waals surface area contributed by atoms with Crippen LogP contribution in [0.25, 0.3) is 0 Å². The molecule has 3 aromatic rings. The fourth-order valence-corrected chi connectivity index (χ4v) is 5.27. The van der Waals surface area contributed by atoms with Crippen molar-refractivity contribution in [3.8, 4) is 11.5 Å². The molecule has 0 amide bonds. The van der Waals surface area contributed by atoms with E-state index in [-0.39, 0.29) is 24.1 Å². The lowest BCUT2D eigenvalue weighted by atomic mass is 10.1. The average molecular weight is 424 g/mol. The third-order valence-corrected chi connectivity index (χ3v) is 7.29. The first-order valence-corrected chi connectivity index (χ1v) is 11.3. The zero-order valence-corrected chi connectivity index (χ0v) is 17.9. The highest BCUT2D eigenvalue weighted by Gasteiger charge is 2.35. The van der Waals surface area contributed by atoms with Crippen molar-refractivity contribution in [3.05, 3.63) is 89.5 Å². The highest BCUT2D eigenvalue weighted by molar-refractivity contribution is 7.89. The molecule has 5 nitrogen and oxygen atoms in total. The number of hydrogen-bond acceptors (Lipinski definition) is 4. The van der Waals surface area contributed by atoms with Gasteiger partial charge in [-0.2, -0.15) is 4.31 Å². The second-order valence-corrected chi connectivity index (χ2v) is 9.38. The number of nitrogens with zero attached hydrogens (tertiary/aromatic N) is 1. The van der Waals surface area contributed by atoms with Crippen molar-refractivity contribution >= 4 is 10.0 Å². The minimum absolute atomic E-state index is 0.222. The predicted molar refractivity (Wildman–Crippen MR) is 116 cm³/mol. The Morgan fingerprint density at radius 1 is 1.03 bits per heavy atom. The molecule has 0 radical (unpaired) electrons. The van der Waals surface area contributed by atoms with E-state index in [1.54, 1.807) is 23.5 Å². The van der Waals surface area contributed by atoms with E-state index in [2.05, 4.69) is 0 Å². The van der Waals surface area contributed by atoms with Crippen molar-refractivity contribution in [2.75, 3.05) is 13.7 Å². The quantitative estimate of drug-likeness (QED) is 0.617. The summed E-state index contributed by atoms with van der Waals surface area (Å²) in [7, 11) is -2.13. The Bertz CT molecular complexity index is 1110. The molecular weight excluding hydrogens is 398 g/mol. The molecule has 0 saturated heterocycles. The highest BCUT2D eigenvalue weighted by Crippen LogP contribution is 2.32. The molecule has 3 aromatic carbocycles. The van der Waals surface area contributed by atoms with Crippen LogP contribution >= 0.6 is 0 Å². The number of ether oxygens (including phenoxy) is 2. The van der Waals surface area contributed by atoms with Gasteiger partial charge in [0, 0.05) is 12.1 Å². The molecule has 0 spiro atoms. The van der Waals surface area contributed by atoms with Gasteiger partial charge < -0.3 is 9.47 Å². The molecule has 1 aliphatic heterocycles. The Hall–Kier alpha value is -2.83. The van der Waals surface area contributed by atoms with Gasteiger partial charge in [-0.15, -0.1) is 0 Å². The second-order valence-electron chi connectivity index (χ2n) is 7.49. The standard InChI is InChI=1S/C24H25NO4S/c1-18-8-11-23(12-9-18)30(26,27)25-16-20-15-22(28-2)10-13-24(20)29-17-21(25)14-19-6-4-3-5-7-19/h3-13,15,21H,14,16-17H2,1-2H3/t21-/m0/s1. The fraction of sp³-hybridized carbons (Fsp3) is 0.250. The van der Waals surface area contributed by atoms with E-state index in [9.17, 15) is 8.42 Å². The van der Waals surface area contributed by atoms with Crippen LogP contribution in [-0.4, -0.2) is 32.5 Å². The van der Waals surface area contributed by atoms with E-state index in [4.69, 9.17) is 9.47 Å². The normalized spacial score (nSPS) is 16.9. The van der Waals surface area contributed by atoms with E-state index in [0.717, 1.165) is 16.7 Å². The lowest BCUT2D eigenvalue weighted by Crippen LogP contribution is -2.43. The number of hydrogen-bond donors (Lipinski definition) is 0. The number of aryl methyl sites for hydroxylation is 1. The molecule has 6 heteroatoms.